The number of aryl methyl sites for hydroxylation is 1. The van der Waals surface area contributed by atoms with Gasteiger partial charge in [0.2, 0.25) is 6.71 Å². The van der Waals surface area contributed by atoms with Gasteiger partial charge in [-0.15, -0.1) is 0 Å². The van der Waals surface area contributed by atoms with Crippen molar-refractivity contribution in [2.75, 3.05) is 9.80 Å². The summed E-state index contributed by atoms with van der Waals surface area (Å²) in [4.78, 5) is 5.12. The molecule has 324 valence electrons. The molecule has 7 aromatic carbocycles. The van der Waals surface area contributed by atoms with Crippen molar-refractivity contribution in [3.63, 3.8) is 0 Å². The van der Waals surface area contributed by atoms with Gasteiger partial charge in [-0.25, -0.2) is 0 Å². The van der Waals surface area contributed by atoms with Gasteiger partial charge in [0.15, 0.2) is 5.58 Å². The molecule has 0 radical (unpaired) electrons. The zero-order chi connectivity index (χ0) is 44.8. The van der Waals surface area contributed by atoms with Crippen molar-refractivity contribution in [3.05, 3.63) is 173 Å². The monoisotopic (exact) mass is 848 g/mol. The molecule has 8 aromatic rings. The minimum Gasteiger partial charge on any atom is -0.454 e. The molecule has 3 nitrogen and oxygen atoms in total. The van der Waals surface area contributed by atoms with Crippen LogP contribution in [0.5, 0.6) is 0 Å². The number of anilines is 6. The van der Waals surface area contributed by atoms with Crippen molar-refractivity contribution in [3.8, 4) is 0 Å². The number of nitrogens with zero attached hydrogens (tertiary/aromatic N) is 2. The standard InChI is InChI=1S/C61H61BN2O/c1-38-32-39(58(2,3)4)26-29-51(38)64-52-36-43(63(41-20-12-10-13-21-41)42-22-14-11-15-23-42)35-46-47-37-60(8)30-18-19-31-61(60,9)48-33-40(59(5,6)7)34-50(54(47)48)62(55(46)52)49-28-27-45-44-24-16-17-25-53(44)65-57(45)56(49)64/h10-17,20-29,32-36,47H,18-19,30-31,37H2,1-9H3. The van der Waals surface area contributed by atoms with E-state index < -0.39 is 0 Å². The highest BCUT2D eigenvalue weighted by atomic mass is 16.3. The second-order valence-corrected chi connectivity index (χ2v) is 22.6. The molecule has 65 heavy (non-hydrogen) atoms. The minimum atomic E-state index is -0.0170. The van der Waals surface area contributed by atoms with Crippen molar-refractivity contribution < 1.29 is 4.42 Å². The lowest BCUT2D eigenvalue weighted by molar-refractivity contribution is 0.0602. The lowest BCUT2D eigenvalue weighted by atomic mass is 9.29. The highest BCUT2D eigenvalue weighted by Gasteiger charge is 2.57. The first kappa shape index (κ1) is 40.5. The lowest BCUT2D eigenvalue weighted by Crippen LogP contribution is -2.64. The van der Waals surface area contributed by atoms with Crippen LogP contribution in [0.25, 0.3) is 21.9 Å². The Balaban J connectivity index is 1.26. The van der Waals surface area contributed by atoms with E-state index in [2.05, 4.69) is 212 Å². The van der Waals surface area contributed by atoms with Crippen LogP contribution >= 0.6 is 0 Å². The van der Waals surface area contributed by atoms with Crippen LogP contribution in [-0.4, -0.2) is 6.71 Å². The van der Waals surface area contributed by atoms with Crippen LogP contribution in [0.1, 0.15) is 127 Å². The maximum atomic E-state index is 7.18. The van der Waals surface area contributed by atoms with Crippen LogP contribution in [0.3, 0.4) is 0 Å². The smallest absolute Gasteiger partial charge is 0.247 e. The van der Waals surface area contributed by atoms with E-state index in [1.807, 2.05) is 0 Å². The molecule has 4 heteroatoms. The molecule has 1 saturated carbocycles. The van der Waals surface area contributed by atoms with E-state index in [0.717, 1.165) is 45.4 Å². The van der Waals surface area contributed by atoms with Crippen LogP contribution in [0, 0.1) is 12.3 Å². The molecule has 12 rings (SSSR count). The Kier molecular flexibility index (Phi) is 8.73. The van der Waals surface area contributed by atoms with Gasteiger partial charge in [-0.05, 0) is 141 Å². The van der Waals surface area contributed by atoms with Gasteiger partial charge in [0, 0.05) is 45.1 Å². The molecule has 3 atom stereocenters. The Morgan fingerprint density at radius 2 is 1.31 bits per heavy atom. The van der Waals surface area contributed by atoms with Crippen molar-refractivity contribution >= 4 is 79.2 Å². The van der Waals surface area contributed by atoms with Crippen molar-refractivity contribution in [2.24, 2.45) is 5.41 Å². The predicted molar refractivity (Wildman–Crippen MR) is 277 cm³/mol. The first-order valence-corrected chi connectivity index (χ1v) is 24.3. The van der Waals surface area contributed by atoms with Crippen molar-refractivity contribution in [1.82, 2.24) is 0 Å². The zero-order valence-electron chi connectivity index (χ0n) is 39.8. The Hall–Kier alpha value is -6.00. The summed E-state index contributed by atoms with van der Waals surface area (Å²) in [5.74, 6) is 0.256. The number of fused-ring (bicyclic) bond motifs is 10. The molecule has 0 N–H and O–H groups in total. The molecule has 0 amide bonds. The molecular weight excluding hydrogens is 787 g/mol. The first-order valence-electron chi connectivity index (χ1n) is 24.3. The van der Waals surface area contributed by atoms with E-state index in [9.17, 15) is 0 Å². The van der Waals surface area contributed by atoms with Gasteiger partial charge in [0.05, 0.1) is 5.69 Å². The topological polar surface area (TPSA) is 19.6 Å². The van der Waals surface area contributed by atoms with Crippen molar-refractivity contribution in [1.29, 1.82) is 0 Å². The highest BCUT2D eigenvalue weighted by Crippen LogP contribution is 2.63. The fraction of sp³-hybridized carbons (Fsp3) is 0.311. The number of benzene rings is 7. The first-order chi connectivity index (χ1) is 31.1. The quantitative estimate of drug-likeness (QED) is 0.165. The van der Waals surface area contributed by atoms with E-state index >= 15 is 0 Å². The van der Waals surface area contributed by atoms with E-state index in [1.165, 1.54) is 81.4 Å². The second kappa shape index (κ2) is 14.0. The minimum absolute atomic E-state index is 0.0159. The third-order valence-electron chi connectivity index (χ3n) is 16.7. The predicted octanol–water partition coefficient (Wildman–Crippen LogP) is 14.9. The summed E-state index contributed by atoms with van der Waals surface area (Å²) in [6.45, 7) is 21.8. The largest absolute Gasteiger partial charge is 0.454 e. The molecular formula is C61H61BN2O. The van der Waals surface area contributed by atoms with Crippen molar-refractivity contribution in [2.45, 2.75) is 117 Å². The molecule has 2 aliphatic heterocycles. The van der Waals surface area contributed by atoms with Gasteiger partial charge in [-0.3, -0.25) is 0 Å². The van der Waals surface area contributed by atoms with Crippen LogP contribution < -0.4 is 26.2 Å². The van der Waals surface area contributed by atoms with Crippen LogP contribution in [0.15, 0.2) is 144 Å². The normalized spacial score (nSPS) is 20.9. The van der Waals surface area contributed by atoms with Gasteiger partial charge in [-0.1, -0.05) is 165 Å². The molecule has 3 unspecified atom stereocenters. The molecule has 1 fully saturated rings. The summed E-state index contributed by atoms with van der Waals surface area (Å²) in [5.41, 5.74) is 22.3. The summed E-state index contributed by atoms with van der Waals surface area (Å²) in [6.07, 6.45) is 6.24. The van der Waals surface area contributed by atoms with E-state index in [0.29, 0.717) is 0 Å². The number of para-hydroxylation sites is 3. The van der Waals surface area contributed by atoms with Crippen LogP contribution in [-0.2, 0) is 16.2 Å². The van der Waals surface area contributed by atoms with Gasteiger partial charge < -0.3 is 14.2 Å². The summed E-state index contributed by atoms with van der Waals surface area (Å²) >= 11 is 0. The molecule has 0 bridgehead atoms. The SMILES string of the molecule is Cc1cc(C(C)(C)C)ccc1N1c2cc(N(c3ccccc3)c3ccccc3)cc3c2B(c2cc(C(C)(C)C)cc4c2C3CC2(C)CCCCC42C)c2ccc3c(oc4ccccc43)c21. The molecule has 3 heterocycles. The maximum absolute atomic E-state index is 7.18. The van der Waals surface area contributed by atoms with Crippen LogP contribution in [0.4, 0.5) is 34.1 Å². The maximum Gasteiger partial charge on any atom is 0.247 e. The third kappa shape index (κ3) is 5.87. The van der Waals surface area contributed by atoms with E-state index in [1.54, 1.807) is 11.1 Å². The Labute approximate surface area is 386 Å². The number of hydrogen-bond acceptors (Lipinski definition) is 3. The second-order valence-electron chi connectivity index (χ2n) is 22.6. The van der Waals surface area contributed by atoms with Gasteiger partial charge >= 0.3 is 0 Å². The number of hydrogen-bond donors (Lipinski definition) is 0. The fourth-order valence-corrected chi connectivity index (χ4v) is 13.0. The molecule has 0 saturated heterocycles. The van der Waals surface area contributed by atoms with Gasteiger partial charge in [-0.2, -0.15) is 0 Å². The fourth-order valence-electron chi connectivity index (χ4n) is 13.0. The highest BCUT2D eigenvalue weighted by molar-refractivity contribution is 6.99. The average Bonchev–Trinajstić information content (AvgIpc) is 3.67. The summed E-state index contributed by atoms with van der Waals surface area (Å²) in [6, 6.07) is 53.1. The summed E-state index contributed by atoms with van der Waals surface area (Å²) < 4.78 is 7.18. The van der Waals surface area contributed by atoms with E-state index in [4.69, 9.17) is 4.42 Å². The van der Waals surface area contributed by atoms with Crippen LogP contribution in [0.2, 0.25) is 0 Å². The zero-order valence-corrected chi connectivity index (χ0v) is 39.8. The third-order valence-corrected chi connectivity index (χ3v) is 16.7. The van der Waals surface area contributed by atoms with Gasteiger partial charge in [0.25, 0.3) is 0 Å². The van der Waals surface area contributed by atoms with E-state index in [-0.39, 0.29) is 34.3 Å². The van der Waals surface area contributed by atoms with Gasteiger partial charge in [0.1, 0.15) is 5.58 Å². The molecule has 1 aromatic heterocycles. The lowest BCUT2D eigenvalue weighted by Gasteiger charge is -2.59. The molecule has 0 spiro atoms. The Morgan fingerprint density at radius 1 is 0.631 bits per heavy atom. The summed E-state index contributed by atoms with van der Waals surface area (Å²) in [5, 5.41) is 2.32. The number of rotatable bonds is 4. The average molecular weight is 849 g/mol. The Morgan fingerprint density at radius 3 is 2.00 bits per heavy atom. The Bertz CT molecular complexity index is 3180. The molecule has 4 aliphatic rings. The number of furan rings is 1. The molecule has 2 aliphatic carbocycles. The summed E-state index contributed by atoms with van der Waals surface area (Å²) in [7, 11) is 0.